The van der Waals surface area contributed by atoms with Gasteiger partial charge in [0.2, 0.25) is 0 Å². The van der Waals surface area contributed by atoms with E-state index < -0.39 is 0 Å². The van der Waals surface area contributed by atoms with Crippen molar-refractivity contribution in [1.82, 2.24) is 24.1 Å². The molecule has 11 aromatic rings. The minimum Gasteiger partial charge on any atom is -0.456 e. The van der Waals surface area contributed by atoms with Gasteiger partial charge < -0.3 is 13.6 Å². The van der Waals surface area contributed by atoms with E-state index in [9.17, 15) is 0 Å². The lowest BCUT2D eigenvalue weighted by atomic mass is 10.0. The van der Waals surface area contributed by atoms with Crippen molar-refractivity contribution in [3.05, 3.63) is 181 Å². The second-order valence-electron chi connectivity index (χ2n) is 14.7. The maximum atomic E-state index is 6.72. The van der Waals surface area contributed by atoms with Crippen molar-refractivity contribution in [3.63, 3.8) is 0 Å². The standard InChI is InChI=1S/C51H33N5O/c1-4-15-32(16-5-1)49-52-50(33-17-6-2-7-18-33)54-51(53-49)39-23-14-26-46-48(39)38-28-27-35(29-47(38)57-46)56-43-25-13-11-22-37(43)41-30-44-40(31-45(41)56)36-21-10-12-24-42(36)55(44)34-19-8-3-9-20-34/h1-12,14-24,26-31H,13,25H2. The molecule has 1 aliphatic carbocycles. The Hall–Kier alpha value is -7.57. The molecule has 0 atom stereocenters. The maximum absolute atomic E-state index is 6.72. The lowest BCUT2D eigenvalue weighted by Gasteiger charge is -2.13. The number of furan rings is 1. The molecule has 4 aromatic heterocycles. The van der Waals surface area contributed by atoms with Crippen molar-refractivity contribution in [2.75, 3.05) is 0 Å². The van der Waals surface area contributed by atoms with Crippen molar-refractivity contribution < 1.29 is 4.42 Å². The monoisotopic (exact) mass is 731 g/mol. The van der Waals surface area contributed by atoms with Crippen LogP contribution < -0.4 is 0 Å². The molecule has 6 nitrogen and oxygen atoms in total. The number of hydrogen-bond acceptors (Lipinski definition) is 4. The average Bonchev–Trinajstić information content (AvgIpc) is 3.93. The Morgan fingerprint density at radius 2 is 1.12 bits per heavy atom. The molecule has 0 aliphatic heterocycles. The number of aromatic nitrogens is 5. The molecule has 0 fully saturated rings. The largest absolute Gasteiger partial charge is 0.456 e. The molecule has 4 heterocycles. The maximum Gasteiger partial charge on any atom is 0.164 e. The van der Waals surface area contributed by atoms with Crippen LogP contribution in [-0.4, -0.2) is 24.1 Å². The van der Waals surface area contributed by atoms with Crippen LogP contribution in [0, 0.1) is 0 Å². The first kappa shape index (κ1) is 31.7. The fourth-order valence-corrected chi connectivity index (χ4v) is 8.90. The molecule has 0 saturated carbocycles. The first-order valence-electron chi connectivity index (χ1n) is 19.4. The van der Waals surface area contributed by atoms with Gasteiger partial charge in [-0.05, 0) is 61.4 Å². The van der Waals surface area contributed by atoms with E-state index in [0.717, 1.165) is 62.8 Å². The van der Waals surface area contributed by atoms with Gasteiger partial charge in [-0.3, -0.25) is 0 Å². The molecule has 0 N–H and O–H groups in total. The summed E-state index contributed by atoms with van der Waals surface area (Å²) in [6.07, 6.45) is 6.58. The average molecular weight is 732 g/mol. The van der Waals surface area contributed by atoms with Crippen LogP contribution in [0.1, 0.15) is 17.7 Å². The van der Waals surface area contributed by atoms with Gasteiger partial charge in [-0.15, -0.1) is 0 Å². The van der Waals surface area contributed by atoms with Crippen molar-refractivity contribution in [2.24, 2.45) is 0 Å². The van der Waals surface area contributed by atoms with E-state index in [1.807, 2.05) is 72.8 Å². The number of benzene rings is 7. The Morgan fingerprint density at radius 1 is 0.456 bits per heavy atom. The number of allylic oxidation sites excluding steroid dienone is 1. The summed E-state index contributed by atoms with van der Waals surface area (Å²) >= 11 is 0. The van der Waals surface area contributed by atoms with E-state index in [1.165, 1.54) is 44.0 Å². The van der Waals surface area contributed by atoms with Crippen LogP contribution in [0.15, 0.2) is 174 Å². The molecular weight excluding hydrogens is 699 g/mol. The molecule has 1 aliphatic rings. The van der Waals surface area contributed by atoms with Crippen LogP contribution in [0.3, 0.4) is 0 Å². The minimum atomic E-state index is 0.607. The van der Waals surface area contributed by atoms with Gasteiger partial charge in [0.25, 0.3) is 0 Å². The first-order chi connectivity index (χ1) is 28.3. The fourth-order valence-electron chi connectivity index (χ4n) is 8.90. The molecule has 6 heteroatoms. The van der Waals surface area contributed by atoms with Crippen molar-refractivity contribution in [2.45, 2.75) is 12.8 Å². The van der Waals surface area contributed by atoms with Gasteiger partial charge in [-0.2, -0.15) is 0 Å². The summed E-state index contributed by atoms with van der Waals surface area (Å²) < 4.78 is 11.6. The van der Waals surface area contributed by atoms with Gasteiger partial charge in [-0.25, -0.2) is 15.0 Å². The Kier molecular flexibility index (Phi) is 6.95. The van der Waals surface area contributed by atoms with E-state index in [4.69, 9.17) is 19.4 Å². The van der Waals surface area contributed by atoms with Crippen LogP contribution in [0.5, 0.6) is 0 Å². The molecule has 0 spiro atoms. The lowest BCUT2D eigenvalue weighted by molar-refractivity contribution is 0.668. The van der Waals surface area contributed by atoms with E-state index in [1.54, 1.807) is 0 Å². The Bertz CT molecular complexity index is 3330. The Balaban J connectivity index is 1.06. The smallest absolute Gasteiger partial charge is 0.164 e. The van der Waals surface area contributed by atoms with Crippen LogP contribution >= 0.6 is 0 Å². The molecule has 7 aromatic carbocycles. The second-order valence-corrected chi connectivity index (χ2v) is 14.7. The number of rotatable bonds is 5. The molecule has 0 unspecified atom stereocenters. The van der Waals surface area contributed by atoms with E-state index in [0.29, 0.717) is 17.5 Å². The third-order valence-electron chi connectivity index (χ3n) is 11.4. The van der Waals surface area contributed by atoms with Crippen molar-refractivity contribution >= 4 is 60.7 Å². The van der Waals surface area contributed by atoms with Gasteiger partial charge in [0.15, 0.2) is 17.5 Å². The quantitative estimate of drug-likeness (QED) is 0.177. The summed E-state index contributed by atoms with van der Waals surface area (Å²) in [5.41, 5.74) is 12.8. The SMILES string of the molecule is C1=Cc2c(n(-c3ccc4c(c3)oc3cccc(-c5nc(-c6ccccc6)nc(-c6ccccc6)n5)c34)c3cc4c5ccccc5n(-c5ccccc5)c4cc23)CC1. The van der Waals surface area contributed by atoms with Crippen LogP contribution in [0.4, 0.5) is 0 Å². The molecule has 268 valence electrons. The van der Waals surface area contributed by atoms with Gasteiger partial charge in [0, 0.05) is 72.3 Å². The highest BCUT2D eigenvalue weighted by Gasteiger charge is 2.24. The van der Waals surface area contributed by atoms with E-state index in [-0.39, 0.29) is 0 Å². The lowest BCUT2D eigenvalue weighted by Crippen LogP contribution is -2.02. The summed E-state index contributed by atoms with van der Waals surface area (Å²) in [6.45, 7) is 0. The predicted octanol–water partition coefficient (Wildman–Crippen LogP) is 12.8. The predicted molar refractivity (Wildman–Crippen MR) is 232 cm³/mol. The molecule has 0 saturated heterocycles. The normalized spacial score (nSPS) is 12.7. The summed E-state index contributed by atoms with van der Waals surface area (Å²) in [7, 11) is 0. The summed E-state index contributed by atoms with van der Waals surface area (Å²) in [6, 6.07) is 57.2. The highest BCUT2D eigenvalue weighted by Crippen LogP contribution is 2.42. The second kappa shape index (κ2) is 12.5. The summed E-state index contributed by atoms with van der Waals surface area (Å²) in [5.74, 6) is 1.87. The molecule has 0 bridgehead atoms. The minimum absolute atomic E-state index is 0.607. The molecule has 0 radical (unpaired) electrons. The van der Waals surface area contributed by atoms with E-state index >= 15 is 0 Å². The topological polar surface area (TPSA) is 61.7 Å². The van der Waals surface area contributed by atoms with Gasteiger partial charge in [-0.1, -0.05) is 121 Å². The zero-order valence-electron chi connectivity index (χ0n) is 30.8. The number of para-hydroxylation sites is 2. The fraction of sp³-hybridized carbons (Fsp3) is 0.0392. The zero-order chi connectivity index (χ0) is 37.5. The summed E-state index contributed by atoms with van der Waals surface area (Å²) in [4.78, 5) is 15.1. The molecule has 0 amide bonds. The number of nitrogens with zero attached hydrogens (tertiary/aromatic N) is 5. The molecular formula is C51H33N5O. The Labute approximate surface area is 327 Å². The summed E-state index contributed by atoms with van der Waals surface area (Å²) in [5, 5.41) is 5.73. The number of fused-ring (bicyclic) bond motifs is 9. The van der Waals surface area contributed by atoms with Crippen molar-refractivity contribution in [1.29, 1.82) is 0 Å². The molecule has 12 rings (SSSR count). The van der Waals surface area contributed by atoms with Gasteiger partial charge in [0.05, 0.1) is 16.6 Å². The van der Waals surface area contributed by atoms with Crippen LogP contribution in [0.2, 0.25) is 0 Å². The highest BCUT2D eigenvalue weighted by molar-refractivity contribution is 6.15. The third kappa shape index (κ3) is 4.94. The van der Waals surface area contributed by atoms with Crippen molar-refractivity contribution in [3.8, 4) is 45.5 Å². The van der Waals surface area contributed by atoms with Gasteiger partial charge in [0.1, 0.15) is 11.2 Å². The number of hydrogen-bond donors (Lipinski definition) is 0. The molecule has 57 heavy (non-hydrogen) atoms. The third-order valence-corrected chi connectivity index (χ3v) is 11.4. The van der Waals surface area contributed by atoms with Crippen LogP contribution in [0.25, 0.3) is 106 Å². The Morgan fingerprint density at radius 3 is 1.89 bits per heavy atom. The van der Waals surface area contributed by atoms with E-state index in [2.05, 4.69) is 112 Å². The van der Waals surface area contributed by atoms with Crippen LogP contribution in [-0.2, 0) is 6.42 Å². The first-order valence-corrected chi connectivity index (χ1v) is 19.4. The highest BCUT2D eigenvalue weighted by atomic mass is 16.3. The van der Waals surface area contributed by atoms with Gasteiger partial charge >= 0.3 is 0 Å². The zero-order valence-corrected chi connectivity index (χ0v) is 30.8.